The standard InChI is InChI=1S/C13H16N2OS/c14-12(17)11(10-4-2-1-3-5-10)13(16)15-8-9-6-7-9/h1-5,9,11H,6-8H2,(H2,14,17)(H,15,16). The molecule has 17 heavy (non-hydrogen) atoms. The topological polar surface area (TPSA) is 55.1 Å². The summed E-state index contributed by atoms with van der Waals surface area (Å²) >= 11 is 4.99. The normalized spacial score (nSPS) is 16.2. The van der Waals surface area contributed by atoms with Crippen molar-refractivity contribution >= 4 is 23.1 Å². The summed E-state index contributed by atoms with van der Waals surface area (Å²) in [6.07, 6.45) is 2.42. The summed E-state index contributed by atoms with van der Waals surface area (Å²) in [5, 5.41) is 2.92. The van der Waals surface area contributed by atoms with Crippen LogP contribution in [-0.4, -0.2) is 17.4 Å². The van der Waals surface area contributed by atoms with Crippen LogP contribution in [0.4, 0.5) is 0 Å². The predicted octanol–water partition coefficient (Wildman–Crippen LogP) is 1.58. The molecule has 4 heteroatoms. The van der Waals surface area contributed by atoms with Crippen LogP contribution in [0.15, 0.2) is 30.3 Å². The van der Waals surface area contributed by atoms with Gasteiger partial charge in [0, 0.05) is 6.54 Å². The number of amides is 1. The van der Waals surface area contributed by atoms with E-state index in [1.807, 2.05) is 30.3 Å². The molecule has 1 aromatic carbocycles. The number of nitrogens with one attached hydrogen (secondary N) is 1. The molecule has 3 nitrogen and oxygen atoms in total. The lowest BCUT2D eigenvalue weighted by atomic mass is 9.98. The van der Waals surface area contributed by atoms with Crippen molar-refractivity contribution in [1.82, 2.24) is 5.32 Å². The van der Waals surface area contributed by atoms with E-state index in [1.54, 1.807) is 0 Å². The summed E-state index contributed by atoms with van der Waals surface area (Å²) in [5.41, 5.74) is 6.52. The van der Waals surface area contributed by atoms with Crippen LogP contribution in [0.3, 0.4) is 0 Å². The van der Waals surface area contributed by atoms with Crippen LogP contribution in [0.25, 0.3) is 0 Å². The van der Waals surface area contributed by atoms with E-state index in [9.17, 15) is 4.79 Å². The van der Waals surface area contributed by atoms with Crippen molar-refractivity contribution in [2.75, 3.05) is 6.54 Å². The highest BCUT2D eigenvalue weighted by Gasteiger charge is 2.26. The molecular weight excluding hydrogens is 232 g/mol. The largest absolute Gasteiger partial charge is 0.392 e. The van der Waals surface area contributed by atoms with E-state index in [1.165, 1.54) is 12.8 Å². The zero-order chi connectivity index (χ0) is 12.3. The SMILES string of the molecule is NC(=S)C(C(=O)NCC1CC1)c1ccccc1. The lowest BCUT2D eigenvalue weighted by molar-refractivity contribution is -0.121. The van der Waals surface area contributed by atoms with E-state index in [0.29, 0.717) is 5.92 Å². The van der Waals surface area contributed by atoms with Gasteiger partial charge in [0.15, 0.2) is 0 Å². The number of thiocarbonyl (C=S) groups is 1. The molecule has 3 N–H and O–H groups in total. The number of hydrogen-bond donors (Lipinski definition) is 2. The fraction of sp³-hybridized carbons (Fsp3) is 0.385. The van der Waals surface area contributed by atoms with Crippen LogP contribution in [-0.2, 0) is 4.79 Å². The Kier molecular flexibility index (Phi) is 3.74. The van der Waals surface area contributed by atoms with Crippen LogP contribution in [0.1, 0.15) is 24.3 Å². The molecule has 1 fully saturated rings. The Morgan fingerprint density at radius 3 is 2.59 bits per heavy atom. The first kappa shape index (κ1) is 12.0. The fourth-order valence-corrected chi connectivity index (χ4v) is 2.00. The lowest BCUT2D eigenvalue weighted by Crippen LogP contribution is -2.37. The number of hydrogen-bond acceptors (Lipinski definition) is 2. The van der Waals surface area contributed by atoms with E-state index >= 15 is 0 Å². The molecule has 1 aliphatic carbocycles. The van der Waals surface area contributed by atoms with Gasteiger partial charge in [-0.2, -0.15) is 0 Å². The second-order valence-electron chi connectivity index (χ2n) is 4.43. The third-order valence-corrected chi connectivity index (χ3v) is 3.18. The Labute approximate surface area is 106 Å². The molecule has 1 atom stereocenters. The van der Waals surface area contributed by atoms with Gasteiger partial charge in [-0.1, -0.05) is 42.5 Å². The number of nitrogens with two attached hydrogens (primary N) is 1. The maximum Gasteiger partial charge on any atom is 0.234 e. The predicted molar refractivity (Wildman–Crippen MR) is 71.7 cm³/mol. The van der Waals surface area contributed by atoms with E-state index < -0.39 is 5.92 Å². The molecule has 1 aliphatic rings. The minimum atomic E-state index is -0.509. The van der Waals surface area contributed by atoms with Crippen molar-refractivity contribution in [3.63, 3.8) is 0 Å². The molecule has 0 spiro atoms. The Morgan fingerprint density at radius 1 is 1.41 bits per heavy atom. The van der Waals surface area contributed by atoms with Gasteiger partial charge in [-0.25, -0.2) is 0 Å². The summed E-state index contributed by atoms with van der Waals surface area (Å²) in [7, 11) is 0. The van der Waals surface area contributed by atoms with Crippen molar-refractivity contribution in [1.29, 1.82) is 0 Å². The summed E-state index contributed by atoms with van der Waals surface area (Å²) in [6, 6.07) is 9.42. The smallest absolute Gasteiger partial charge is 0.234 e. The maximum atomic E-state index is 12.0. The lowest BCUT2D eigenvalue weighted by Gasteiger charge is -2.15. The number of benzene rings is 1. The fourth-order valence-electron chi connectivity index (χ4n) is 1.76. The molecule has 0 aliphatic heterocycles. The van der Waals surface area contributed by atoms with Gasteiger partial charge in [-0.3, -0.25) is 4.79 Å². The van der Waals surface area contributed by atoms with Gasteiger partial charge in [-0.05, 0) is 24.3 Å². The van der Waals surface area contributed by atoms with E-state index in [0.717, 1.165) is 12.1 Å². The second kappa shape index (κ2) is 5.27. The third-order valence-electron chi connectivity index (χ3n) is 2.94. The minimum absolute atomic E-state index is 0.0874. The average Bonchev–Trinajstić information content (AvgIpc) is 3.11. The first-order valence-corrected chi connectivity index (χ1v) is 6.21. The molecule has 2 rings (SSSR count). The molecule has 1 aromatic rings. The highest BCUT2D eigenvalue weighted by molar-refractivity contribution is 7.80. The van der Waals surface area contributed by atoms with Crippen LogP contribution < -0.4 is 11.1 Å². The van der Waals surface area contributed by atoms with Gasteiger partial charge in [0.2, 0.25) is 5.91 Å². The molecule has 0 bridgehead atoms. The van der Waals surface area contributed by atoms with Crippen LogP contribution in [0.2, 0.25) is 0 Å². The van der Waals surface area contributed by atoms with Crippen molar-refractivity contribution in [3.8, 4) is 0 Å². The molecule has 0 saturated heterocycles. The average molecular weight is 248 g/mol. The Balaban J connectivity index is 2.05. The number of carbonyl (C=O) groups is 1. The van der Waals surface area contributed by atoms with Crippen LogP contribution in [0, 0.1) is 5.92 Å². The zero-order valence-corrected chi connectivity index (χ0v) is 10.4. The zero-order valence-electron chi connectivity index (χ0n) is 9.56. The van der Waals surface area contributed by atoms with Gasteiger partial charge in [0.25, 0.3) is 0 Å². The number of rotatable bonds is 5. The summed E-state index contributed by atoms with van der Waals surface area (Å²) in [4.78, 5) is 12.3. The van der Waals surface area contributed by atoms with Crippen molar-refractivity contribution in [2.45, 2.75) is 18.8 Å². The summed E-state index contributed by atoms with van der Waals surface area (Å²) < 4.78 is 0. The van der Waals surface area contributed by atoms with Gasteiger partial charge >= 0.3 is 0 Å². The highest BCUT2D eigenvalue weighted by Crippen LogP contribution is 2.28. The quantitative estimate of drug-likeness (QED) is 0.778. The highest BCUT2D eigenvalue weighted by atomic mass is 32.1. The van der Waals surface area contributed by atoms with E-state index in [4.69, 9.17) is 18.0 Å². The Hall–Kier alpha value is -1.42. The number of carbonyl (C=O) groups excluding carboxylic acids is 1. The first-order valence-electron chi connectivity index (χ1n) is 5.80. The summed E-state index contributed by atoms with van der Waals surface area (Å²) in [5.74, 6) is 0.0577. The van der Waals surface area contributed by atoms with Gasteiger partial charge in [-0.15, -0.1) is 0 Å². The monoisotopic (exact) mass is 248 g/mol. The van der Waals surface area contributed by atoms with Gasteiger partial charge in [0.1, 0.15) is 5.92 Å². The van der Waals surface area contributed by atoms with Gasteiger partial charge < -0.3 is 11.1 Å². The van der Waals surface area contributed by atoms with E-state index in [2.05, 4.69) is 5.32 Å². The second-order valence-corrected chi connectivity index (χ2v) is 4.91. The molecule has 90 valence electrons. The molecule has 1 amide bonds. The van der Waals surface area contributed by atoms with Gasteiger partial charge in [0.05, 0.1) is 4.99 Å². The Bertz CT molecular complexity index is 415. The van der Waals surface area contributed by atoms with Crippen molar-refractivity contribution in [2.24, 2.45) is 11.7 Å². The minimum Gasteiger partial charge on any atom is -0.392 e. The molecular formula is C13H16N2OS. The maximum absolute atomic E-state index is 12.0. The molecule has 1 unspecified atom stereocenters. The third kappa shape index (κ3) is 3.27. The summed E-state index contributed by atoms with van der Waals surface area (Å²) in [6.45, 7) is 0.741. The molecule has 0 heterocycles. The molecule has 0 aromatic heterocycles. The Morgan fingerprint density at radius 2 is 2.06 bits per heavy atom. The molecule has 1 saturated carbocycles. The first-order chi connectivity index (χ1) is 8.18. The van der Waals surface area contributed by atoms with Crippen molar-refractivity contribution in [3.05, 3.63) is 35.9 Å². The van der Waals surface area contributed by atoms with E-state index in [-0.39, 0.29) is 10.9 Å². The molecule has 0 radical (unpaired) electrons. The van der Waals surface area contributed by atoms with Crippen molar-refractivity contribution < 1.29 is 4.79 Å². The van der Waals surface area contributed by atoms with Crippen LogP contribution >= 0.6 is 12.2 Å². The van der Waals surface area contributed by atoms with Crippen LogP contribution in [0.5, 0.6) is 0 Å².